The summed E-state index contributed by atoms with van der Waals surface area (Å²) in [6.45, 7) is 4.10. The van der Waals surface area contributed by atoms with Gasteiger partial charge < -0.3 is 16.2 Å². The van der Waals surface area contributed by atoms with Gasteiger partial charge in [0.15, 0.2) is 0 Å². The number of rotatable bonds is 5. The average molecular weight is 256 g/mol. The summed E-state index contributed by atoms with van der Waals surface area (Å²) in [6, 6.07) is 0. The summed E-state index contributed by atoms with van der Waals surface area (Å²) in [6.07, 6.45) is 7.55. The monoisotopic (exact) mass is 256 g/mol. The van der Waals surface area contributed by atoms with Crippen LogP contribution in [0.4, 0.5) is 0 Å². The number of carbonyl (C=O) groups is 1. The number of nitrogens with one attached hydrogen (secondary N) is 1. The lowest BCUT2D eigenvalue weighted by atomic mass is 9.92. The van der Waals surface area contributed by atoms with Gasteiger partial charge in [-0.2, -0.15) is 0 Å². The first-order valence-electron chi connectivity index (χ1n) is 7.19. The molecular weight excluding hydrogens is 228 g/mol. The number of hydrogen-bond donors (Lipinski definition) is 3. The maximum Gasteiger partial charge on any atom is 0.239 e. The van der Waals surface area contributed by atoms with Crippen LogP contribution in [0.25, 0.3) is 0 Å². The largest absolute Gasteiger partial charge is 0.388 e. The average Bonchev–Trinajstić information content (AvgIpc) is 2.51. The van der Waals surface area contributed by atoms with Crippen molar-refractivity contribution in [2.75, 3.05) is 6.54 Å². The van der Waals surface area contributed by atoms with Gasteiger partial charge in [0, 0.05) is 6.54 Å². The van der Waals surface area contributed by atoms with E-state index < -0.39 is 11.1 Å². The quantitative estimate of drug-likeness (QED) is 0.655. The fraction of sp³-hybridized carbons (Fsp3) is 0.929. The first kappa shape index (κ1) is 15.4. The Morgan fingerprint density at radius 2 is 1.89 bits per heavy atom. The van der Waals surface area contributed by atoms with E-state index in [9.17, 15) is 9.90 Å². The Labute approximate surface area is 110 Å². The van der Waals surface area contributed by atoms with E-state index in [4.69, 9.17) is 5.73 Å². The molecule has 0 aliphatic heterocycles. The van der Waals surface area contributed by atoms with Crippen molar-refractivity contribution >= 4 is 5.91 Å². The fourth-order valence-electron chi connectivity index (χ4n) is 2.64. The standard InChI is InChI=1S/C14H28N2O2/c1-3-8-13(2,15)12(17)16-11-14(18)9-6-4-5-7-10-14/h18H,3-11,15H2,1-2H3,(H,16,17). The predicted molar refractivity (Wildman–Crippen MR) is 73.2 cm³/mol. The molecule has 1 fully saturated rings. The highest BCUT2D eigenvalue weighted by atomic mass is 16.3. The number of amides is 1. The van der Waals surface area contributed by atoms with Crippen LogP contribution >= 0.6 is 0 Å². The molecule has 0 aromatic heterocycles. The topological polar surface area (TPSA) is 75.4 Å². The van der Waals surface area contributed by atoms with Crippen molar-refractivity contribution in [3.05, 3.63) is 0 Å². The van der Waals surface area contributed by atoms with Gasteiger partial charge in [-0.05, 0) is 26.2 Å². The number of hydrogen-bond acceptors (Lipinski definition) is 3. The van der Waals surface area contributed by atoms with Crippen LogP contribution in [-0.2, 0) is 4.79 Å². The van der Waals surface area contributed by atoms with Gasteiger partial charge in [-0.25, -0.2) is 0 Å². The molecule has 0 spiro atoms. The van der Waals surface area contributed by atoms with E-state index in [1.54, 1.807) is 6.92 Å². The van der Waals surface area contributed by atoms with Crippen molar-refractivity contribution in [1.29, 1.82) is 0 Å². The third-order valence-electron chi connectivity index (χ3n) is 3.90. The molecule has 4 nitrogen and oxygen atoms in total. The van der Waals surface area contributed by atoms with Gasteiger partial charge in [-0.15, -0.1) is 0 Å². The molecule has 106 valence electrons. The first-order valence-corrected chi connectivity index (χ1v) is 7.19. The molecule has 4 N–H and O–H groups in total. The molecule has 1 saturated carbocycles. The minimum atomic E-state index is -0.824. The van der Waals surface area contributed by atoms with Gasteiger partial charge >= 0.3 is 0 Å². The summed E-state index contributed by atoms with van der Waals surface area (Å²) in [5.74, 6) is -0.151. The number of aliphatic hydroxyl groups is 1. The van der Waals surface area contributed by atoms with Crippen LogP contribution < -0.4 is 11.1 Å². The van der Waals surface area contributed by atoms with E-state index in [1.807, 2.05) is 6.92 Å². The van der Waals surface area contributed by atoms with Gasteiger partial charge in [0.05, 0.1) is 11.1 Å². The zero-order valence-electron chi connectivity index (χ0n) is 11.8. The molecule has 0 bridgehead atoms. The second-order valence-electron chi connectivity index (χ2n) is 5.99. The summed E-state index contributed by atoms with van der Waals surface area (Å²) >= 11 is 0. The lowest BCUT2D eigenvalue weighted by Crippen LogP contribution is -2.54. The van der Waals surface area contributed by atoms with Crippen LogP contribution in [0.1, 0.15) is 65.2 Å². The molecule has 1 amide bonds. The molecule has 4 heteroatoms. The Hall–Kier alpha value is -0.610. The molecule has 0 radical (unpaired) electrons. The Kier molecular flexibility index (Phi) is 5.60. The van der Waals surface area contributed by atoms with Gasteiger partial charge in [-0.1, -0.05) is 39.0 Å². The Morgan fingerprint density at radius 1 is 1.33 bits per heavy atom. The highest BCUT2D eigenvalue weighted by molar-refractivity contribution is 5.85. The highest BCUT2D eigenvalue weighted by Gasteiger charge is 2.32. The van der Waals surface area contributed by atoms with Crippen LogP contribution in [0.2, 0.25) is 0 Å². The summed E-state index contributed by atoms with van der Waals surface area (Å²) in [5.41, 5.74) is 4.42. The molecule has 1 atom stereocenters. The Bertz CT molecular complexity index is 269. The second-order valence-corrected chi connectivity index (χ2v) is 5.99. The molecular formula is C14H28N2O2. The van der Waals surface area contributed by atoms with Gasteiger partial charge in [0.25, 0.3) is 0 Å². The summed E-state index contributed by atoms with van der Waals surface area (Å²) in [4.78, 5) is 12.0. The molecule has 1 aliphatic rings. The molecule has 1 unspecified atom stereocenters. The third kappa shape index (κ3) is 4.58. The van der Waals surface area contributed by atoms with E-state index in [-0.39, 0.29) is 5.91 Å². The first-order chi connectivity index (χ1) is 8.40. The maximum absolute atomic E-state index is 12.0. The summed E-state index contributed by atoms with van der Waals surface area (Å²) in [7, 11) is 0. The lowest BCUT2D eigenvalue weighted by Gasteiger charge is -2.30. The van der Waals surface area contributed by atoms with E-state index in [1.165, 1.54) is 12.8 Å². The van der Waals surface area contributed by atoms with Crippen LogP contribution in [0, 0.1) is 0 Å². The molecule has 1 rings (SSSR count). The molecule has 0 aromatic carbocycles. The van der Waals surface area contributed by atoms with Crippen molar-refractivity contribution in [2.45, 2.75) is 76.4 Å². The van der Waals surface area contributed by atoms with Crippen molar-refractivity contribution in [2.24, 2.45) is 5.73 Å². The van der Waals surface area contributed by atoms with Crippen molar-refractivity contribution < 1.29 is 9.90 Å². The van der Waals surface area contributed by atoms with E-state index in [0.717, 1.165) is 32.1 Å². The lowest BCUT2D eigenvalue weighted by molar-refractivity contribution is -0.127. The third-order valence-corrected chi connectivity index (χ3v) is 3.90. The van der Waals surface area contributed by atoms with Crippen LogP contribution in [0.5, 0.6) is 0 Å². The second kappa shape index (κ2) is 6.53. The predicted octanol–water partition coefficient (Wildman–Crippen LogP) is 1.71. The van der Waals surface area contributed by atoms with Gasteiger partial charge in [0.2, 0.25) is 5.91 Å². The van der Waals surface area contributed by atoms with E-state index >= 15 is 0 Å². The molecule has 0 saturated heterocycles. The highest BCUT2D eigenvalue weighted by Crippen LogP contribution is 2.26. The minimum Gasteiger partial charge on any atom is -0.388 e. The zero-order chi connectivity index (χ0) is 13.6. The van der Waals surface area contributed by atoms with Gasteiger partial charge in [0.1, 0.15) is 0 Å². The maximum atomic E-state index is 12.0. The smallest absolute Gasteiger partial charge is 0.239 e. The van der Waals surface area contributed by atoms with Gasteiger partial charge in [-0.3, -0.25) is 4.79 Å². The van der Waals surface area contributed by atoms with Crippen molar-refractivity contribution in [3.8, 4) is 0 Å². The molecule has 1 aliphatic carbocycles. The Morgan fingerprint density at radius 3 is 2.39 bits per heavy atom. The SMILES string of the molecule is CCCC(C)(N)C(=O)NCC1(O)CCCCCC1. The molecule has 18 heavy (non-hydrogen) atoms. The fourth-order valence-corrected chi connectivity index (χ4v) is 2.64. The molecule has 0 aromatic rings. The number of nitrogens with two attached hydrogens (primary N) is 1. The van der Waals surface area contributed by atoms with Crippen LogP contribution in [0.15, 0.2) is 0 Å². The minimum absolute atomic E-state index is 0.151. The van der Waals surface area contributed by atoms with Crippen molar-refractivity contribution in [3.63, 3.8) is 0 Å². The van der Waals surface area contributed by atoms with E-state index in [0.29, 0.717) is 13.0 Å². The Balaban J connectivity index is 2.45. The van der Waals surface area contributed by atoms with Crippen LogP contribution in [-0.4, -0.2) is 28.7 Å². The van der Waals surface area contributed by atoms with Crippen LogP contribution in [0.3, 0.4) is 0 Å². The number of carbonyl (C=O) groups excluding carboxylic acids is 1. The summed E-state index contributed by atoms with van der Waals surface area (Å²) < 4.78 is 0. The summed E-state index contributed by atoms with van der Waals surface area (Å²) in [5, 5.41) is 13.3. The molecule has 0 heterocycles. The van der Waals surface area contributed by atoms with Crippen molar-refractivity contribution in [1.82, 2.24) is 5.32 Å². The van der Waals surface area contributed by atoms with E-state index in [2.05, 4.69) is 5.32 Å². The zero-order valence-corrected chi connectivity index (χ0v) is 11.8. The normalized spacial score (nSPS) is 22.9.